The average molecular weight is 336 g/mol. The molecule has 1 N–H and O–H groups in total. The fourth-order valence-corrected chi connectivity index (χ4v) is 3.22. The Hall–Kier alpha value is -2.95. The number of benzene rings is 2. The van der Waals surface area contributed by atoms with Gasteiger partial charge in [0.05, 0.1) is 0 Å². The van der Waals surface area contributed by atoms with Crippen molar-refractivity contribution >= 4 is 16.8 Å². The van der Waals surface area contributed by atoms with Gasteiger partial charge in [-0.05, 0) is 49.1 Å². The van der Waals surface area contributed by atoms with Gasteiger partial charge in [0.25, 0.3) is 5.91 Å². The second-order valence-electron chi connectivity index (χ2n) is 6.17. The van der Waals surface area contributed by atoms with E-state index >= 15 is 0 Å². The first-order chi connectivity index (χ1) is 12.2. The molecule has 3 aromatic rings. The topological polar surface area (TPSA) is 52.5 Å². The molecule has 0 unspecified atom stereocenters. The molecule has 1 aromatic heterocycles. The molecule has 0 bridgehead atoms. The van der Waals surface area contributed by atoms with Crippen LogP contribution >= 0.6 is 0 Å². The molecule has 0 saturated heterocycles. The van der Waals surface area contributed by atoms with Gasteiger partial charge in [0.1, 0.15) is 0 Å². The van der Waals surface area contributed by atoms with Crippen molar-refractivity contribution < 1.29 is 14.3 Å². The molecule has 0 atom stereocenters. The highest BCUT2D eigenvalue weighted by Crippen LogP contribution is 2.32. The van der Waals surface area contributed by atoms with Gasteiger partial charge in [-0.25, -0.2) is 0 Å². The molecule has 5 nitrogen and oxygen atoms in total. The Morgan fingerprint density at radius 1 is 1.12 bits per heavy atom. The zero-order chi connectivity index (χ0) is 17.2. The third-order valence-electron chi connectivity index (χ3n) is 4.50. The number of hydrogen-bond donors (Lipinski definition) is 1. The Labute approximate surface area is 146 Å². The molecule has 0 spiro atoms. The van der Waals surface area contributed by atoms with Gasteiger partial charge in [-0.3, -0.25) is 4.79 Å². The molecule has 1 aliphatic rings. The molecule has 1 amide bonds. The van der Waals surface area contributed by atoms with Gasteiger partial charge < -0.3 is 19.4 Å². The van der Waals surface area contributed by atoms with Crippen LogP contribution in [0.1, 0.15) is 22.5 Å². The van der Waals surface area contributed by atoms with E-state index in [0.717, 1.165) is 13.0 Å². The lowest BCUT2D eigenvalue weighted by molar-refractivity contribution is 0.0952. The summed E-state index contributed by atoms with van der Waals surface area (Å²) in [6.07, 6.45) is 0.871. The van der Waals surface area contributed by atoms with Crippen LogP contribution in [-0.2, 0) is 6.54 Å². The molecular weight excluding hydrogens is 316 g/mol. The lowest BCUT2D eigenvalue weighted by Gasteiger charge is -2.09. The molecule has 0 saturated carbocycles. The molecule has 5 heteroatoms. The summed E-state index contributed by atoms with van der Waals surface area (Å²) in [5, 5.41) is 4.23. The molecule has 2 aromatic carbocycles. The smallest absolute Gasteiger partial charge is 0.251 e. The molecule has 25 heavy (non-hydrogen) atoms. The number of hydrogen-bond acceptors (Lipinski definition) is 3. The predicted octanol–water partition coefficient (Wildman–Crippen LogP) is 3.50. The summed E-state index contributed by atoms with van der Waals surface area (Å²) in [7, 11) is 0. The summed E-state index contributed by atoms with van der Waals surface area (Å²) in [4.78, 5) is 12.3. The minimum absolute atomic E-state index is 0.0904. The van der Waals surface area contributed by atoms with E-state index in [1.165, 1.54) is 16.6 Å². The fourth-order valence-electron chi connectivity index (χ4n) is 3.22. The highest BCUT2D eigenvalue weighted by Gasteiger charge is 2.16. The van der Waals surface area contributed by atoms with E-state index in [4.69, 9.17) is 9.47 Å². The van der Waals surface area contributed by atoms with Crippen molar-refractivity contribution in [3.63, 3.8) is 0 Å². The number of ether oxygens (including phenoxy) is 2. The summed E-state index contributed by atoms with van der Waals surface area (Å²) in [6.45, 7) is 3.83. The van der Waals surface area contributed by atoms with Gasteiger partial charge >= 0.3 is 0 Å². The van der Waals surface area contributed by atoms with E-state index in [1.807, 2.05) is 0 Å². The quantitative estimate of drug-likeness (QED) is 0.726. The molecule has 1 aliphatic heterocycles. The number of carbonyl (C=O) groups is 1. The van der Waals surface area contributed by atoms with E-state index in [-0.39, 0.29) is 12.7 Å². The number of nitrogens with one attached hydrogen (secondary N) is 1. The van der Waals surface area contributed by atoms with Gasteiger partial charge in [0.2, 0.25) is 6.79 Å². The summed E-state index contributed by atoms with van der Waals surface area (Å²) < 4.78 is 12.9. The number of carbonyl (C=O) groups excluding carboxylic acids is 1. The molecule has 0 fully saturated rings. The summed E-state index contributed by atoms with van der Waals surface area (Å²) in [5.74, 6) is 1.22. The van der Waals surface area contributed by atoms with Crippen molar-refractivity contribution in [1.82, 2.24) is 9.88 Å². The third-order valence-corrected chi connectivity index (χ3v) is 4.50. The van der Waals surface area contributed by atoms with Gasteiger partial charge in [0.15, 0.2) is 11.5 Å². The van der Waals surface area contributed by atoms with Crippen LogP contribution in [0, 0.1) is 6.92 Å². The van der Waals surface area contributed by atoms with Crippen LogP contribution in [-0.4, -0.2) is 23.8 Å². The first kappa shape index (κ1) is 15.6. The largest absolute Gasteiger partial charge is 0.454 e. The highest BCUT2D eigenvalue weighted by molar-refractivity contribution is 5.94. The molecule has 4 rings (SSSR count). The summed E-state index contributed by atoms with van der Waals surface area (Å²) >= 11 is 0. The maximum atomic E-state index is 12.3. The van der Waals surface area contributed by atoms with E-state index in [1.54, 1.807) is 18.2 Å². The van der Waals surface area contributed by atoms with Crippen LogP contribution in [0.2, 0.25) is 0 Å². The van der Waals surface area contributed by atoms with Crippen molar-refractivity contribution in [3.8, 4) is 11.5 Å². The second-order valence-corrected chi connectivity index (χ2v) is 6.17. The molecule has 0 aliphatic carbocycles. The number of para-hydroxylation sites is 1. The number of amides is 1. The van der Waals surface area contributed by atoms with E-state index in [2.05, 4.69) is 47.1 Å². The second kappa shape index (κ2) is 6.51. The van der Waals surface area contributed by atoms with Gasteiger partial charge in [-0.2, -0.15) is 0 Å². The van der Waals surface area contributed by atoms with Crippen LogP contribution in [0.3, 0.4) is 0 Å². The SMILES string of the molecule is Cc1cc2ccccc2n1CCCNC(=O)c1ccc2c(c1)OCO2. The lowest BCUT2D eigenvalue weighted by atomic mass is 10.2. The Kier molecular flexibility index (Phi) is 4.06. The van der Waals surface area contributed by atoms with Gasteiger partial charge in [-0.1, -0.05) is 18.2 Å². The number of nitrogens with zero attached hydrogens (tertiary/aromatic N) is 1. The van der Waals surface area contributed by atoms with E-state index < -0.39 is 0 Å². The normalized spacial score (nSPS) is 12.5. The maximum Gasteiger partial charge on any atom is 0.251 e. The van der Waals surface area contributed by atoms with Crippen molar-refractivity contribution in [2.45, 2.75) is 19.9 Å². The number of aryl methyl sites for hydroxylation is 2. The van der Waals surface area contributed by atoms with Crippen molar-refractivity contribution in [3.05, 3.63) is 59.8 Å². The Balaban J connectivity index is 1.34. The van der Waals surface area contributed by atoms with Crippen LogP contribution < -0.4 is 14.8 Å². The first-order valence-electron chi connectivity index (χ1n) is 8.45. The summed E-state index contributed by atoms with van der Waals surface area (Å²) in [5.41, 5.74) is 3.07. The molecule has 2 heterocycles. The van der Waals surface area contributed by atoms with Gasteiger partial charge in [-0.15, -0.1) is 0 Å². The lowest BCUT2D eigenvalue weighted by Crippen LogP contribution is -2.25. The number of aromatic nitrogens is 1. The maximum absolute atomic E-state index is 12.3. The fraction of sp³-hybridized carbons (Fsp3) is 0.250. The first-order valence-corrected chi connectivity index (χ1v) is 8.45. The van der Waals surface area contributed by atoms with Crippen molar-refractivity contribution in [2.24, 2.45) is 0 Å². The number of rotatable bonds is 5. The van der Waals surface area contributed by atoms with E-state index in [9.17, 15) is 4.79 Å². The third kappa shape index (κ3) is 3.05. The molecule has 0 radical (unpaired) electrons. The van der Waals surface area contributed by atoms with Crippen LogP contribution in [0.4, 0.5) is 0 Å². The van der Waals surface area contributed by atoms with Gasteiger partial charge in [0, 0.05) is 29.9 Å². The zero-order valence-corrected chi connectivity index (χ0v) is 14.1. The molecule has 128 valence electrons. The highest BCUT2D eigenvalue weighted by atomic mass is 16.7. The summed E-state index contributed by atoms with van der Waals surface area (Å²) in [6, 6.07) is 15.8. The monoisotopic (exact) mass is 336 g/mol. The van der Waals surface area contributed by atoms with Crippen LogP contribution in [0.5, 0.6) is 11.5 Å². The van der Waals surface area contributed by atoms with Crippen LogP contribution in [0.15, 0.2) is 48.5 Å². The minimum Gasteiger partial charge on any atom is -0.454 e. The average Bonchev–Trinajstić information content (AvgIpc) is 3.21. The Morgan fingerprint density at radius 2 is 1.96 bits per heavy atom. The van der Waals surface area contributed by atoms with Crippen molar-refractivity contribution in [2.75, 3.05) is 13.3 Å². The number of fused-ring (bicyclic) bond motifs is 2. The Bertz CT molecular complexity index is 930. The zero-order valence-electron chi connectivity index (χ0n) is 14.1. The minimum atomic E-state index is -0.0904. The predicted molar refractivity (Wildman–Crippen MR) is 96.2 cm³/mol. The van der Waals surface area contributed by atoms with Crippen molar-refractivity contribution in [1.29, 1.82) is 0 Å². The molecular formula is C20H20N2O3. The Morgan fingerprint density at radius 3 is 2.88 bits per heavy atom. The standard InChI is InChI=1S/C20H20N2O3/c1-14-11-15-5-2-3-6-17(15)22(14)10-4-9-21-20(23)16-7-8-18-19(12-16)25-13-24-18/h2-3,5-8,11-12H,4,9-10,13H2,1H3,(H,21,23). The van der Waals surface area contributed by atoms with E-state index in [0.29, 0.717) is 23.6 Å². The van der Waals surface area contributed by atoms with Crippen LogP contribution in [0.25, 0.3) is 10.9 Å².